The minimum Gasteiger partial charge on any atom is -0.357 e. The number of piperazine rings is 1. The summed E-state index contributed by atoms with van der Waals surface area (Å²) in [5, 5.41) is 3.32. The molecule has 0 aliphatic carbocycles. The van der Waals surface area contributed by atoms with E-state index in [0.29, 0.717) is 38.7 Å². The van der Waals surface area contributed by atoms with Gasteiger partial charge in [0.25, 0.3) is 0 Å². The molecular weight excluding hydrogens is 520 g/mol. The normalized spacial score (nSPS) is 20.4. The Hall–Kier alpha value is -1.30. The van der Waals surface area contributed by atoms with Crippen molar-refractivity contribution in [1.29, 1.82) is 0 Å². The standard InChI is InChI=1S/C21H33F3N6.HI/c1-16-6-8-29(9-7-16)19-5-4-18(14-26-19)15-27-20(25-3)30-12-10-28(11-13-30)17(2)21(22,23)24;/h4-5,14,16-17H,6-13,15H2,1-3H3,(H,25,27);1H. The van der Waals surface area contributed by atoms with Gasteiger partial charge >= 0.3 is 6.18 Å². The molecule has 0 radical (unpaired) electrons. The second kappa shape index (κ2) is 11.5. The number of nitrogens with zero attached hydrogens (tertiary/aromatic N) is 5. The van der Waals surface area contributed by atoms with Crippen molar-refractivity contribution in [3.05, 3.63) is 23.9 Å². The number of hydrogen-bond donors (Lipinski definition) is 1. The molecule has 2 fully saturated rings. The molecule has 0 aromatic carbocycles. The quantitative estimate of drug-likeness (QED) is 0.351. The lowest BCUT2D eigenvalue weighted by Crippen LogP contribution is -2.56. The first-order valence-electron chi connectivity index (χ1n) is 10.7. The van der Waals surface area contributed by atoms with Gasteiger partial charge in [-0.3, -0.25) is 9.89 Å². The second-order valence-corrected chi connectivity index (χ2v) is 8.34. The third-order valence-electron chi connectivity index (χ3n) is 6.21. The number of guanidine groups is 1. The van der Waals surface area contributed by atoms with E-state index in [4.69, 9.17) is 0 Å². The highest BCUT2D eigenvalue weighted by Crippen LogP contribution is 2.25. The van der Waals surface area contributed by atoms with Crippen LogP contribution in [0.1, 0.15) is 32.3 Å². The summed E-state index contributed by atoms with van der Waals surface area (Å²) in [4.78, 5) is 14.7. The number of anilines is 1. The lowest BCUT2D eigenvalue weighted by Gasteiger charge is -2.39. The van der Waals surface area contributed by atoms with Crippen LogP contribution in [0.25, 0.3) is 0 Å². The Morgan fingerprint density at radius 2 is 1.81 bits per heavy atom. The highest BCUT2D eigenvalue weighted by Gasteiger charge is 2.41. The smallest absolute Gasteiger partial charge is 0.357 e. The van der Waals surface area contributed by atoms with Crippen molar-refractivity contribution < 1.29 is 13.2 Å². The first-order valence-corrected chi connectivity index (χ1v) is 10.7. The molecule has 10 heteroatoms. The van der Waals surface area contributed by atoms with Gasteiger partial charge in [0, 0.05) is 59.1 Å². The number of piperidine rings is 1. The summed E-state index contributed by atoms with van der Waals surface area (Å²) in [5.41, 5.74) is 1.05. The molecule has 1 aromatic heterocycles. The fourth-order valence-corrected chi connectivity index (χ4v) is 3.99. The topological polar surface area (TPSA) is 47.0 Å². The molecule has 2 aliphatic heterocycles. The van der Waals surface area contributed by atoms with Gasteiger partial charge in [-0.2, -0.15) is 13.2 Å². The van der Waals surface area contributed by atoms with Crippen molar-refractivity contribution in [1.82, 2.24) is 20.1 Å². The van der Waals surface area contributed by atoms with E-state index in [-0.39, 0.29) is 24.0 Å². The zero-order valence-electron chi connectivity index (χ0n) is 18.5. The number of aliphatic imine (C=N–C) groups is 1. The maximum atomic E-state index is 12.9. The fourth-order valence-electron chi connectivity index (χ4n) is 3.99. The molecule has 1 unspecified atom stereocenters. The van der Waals surface area contributed by atoms with Crippen LogP contribution >= 0.6 is 24.0 Å². The molecule has 3 rings (SSSR count). The molecule has 0 saturated carbocycles. The van der Waals surface area contributed by atoms with Gasteiger partial charge in [-0.25, -0.2) is 4.98 Å². The maximum absolute atomic E-state index is 12.9. The van der Waals surface area contributed by atoms with Crippen LogP contribution in [0.2, 0.25) is 0 Å². The monoisotopic (exact) mass is 554 g/mol. The molecule has 3 heterocycles. The van der Waals surface area contributed by atoms with E-state index >= 15 is 0 Å². The Morgan fingerprint density at radius 3 is 2.32 bits per heavy atom. The minimum absolute atomic E-state index is 0. The van der Waals surface area contributed by atoms with E-state index in [0.717, 1.165) is 30.4 Å². The Labute approximate surface area is 200 Å². The summed E-state index contributed by atoms with van der Waals surface area (Å²) < 4.78 is 38.8. The molecule has 0 amide bonds. The van der Waals surface area contributed by atoms with Crippen LogP contribution in [0.4, 0.5) is 19.0 Å². The summed E-state index contributed by atoms with van der Waals surface area (Å²) in [6.45, 7) is 7.98. The highest BCUT2D eigenvalue weighted by molar-refractivity contribution is 14.0. The Balaban J connectivity index is 0.00000341. The first kappa shape index (κ1) is 26.0. The summed E-state index contributed by atoms with van der Waals surface area (Å²) >= 11 is 0. The van der Waals surface area contributed by atoms with Gasteiger partial charge in [-0.05, 0) is 37.3 Å². The van der Waals surface area contributed by atoms with E-state index in [1.807, 2.05) is 11.1 Å². The van der Waals surface area contributed by atoms with E-state index in [9.17, 15) is 13.2 Å². The number of pyridine rings is 1. The van der Waals surface area contributed by atoms with Gasteiger partial charge in [-0.15, -0.1) is 24.0 Å². The molecular formula is C21H34F3IN6. The Morgan fingerprint density at radius 1 is 1.16 bits per heavy atom. The van der Waals surface area contributed by atoms with Gasteiger partial charge in [0.2, 0.25) is 0 Å². The summed E-state index contributed by atoms with van der Waals surface area (Å²) in [6, 6.07) is 2.72. The lowest BCUT2D eigenvalue weighted by atomic mass is 9.99. The van der Waals surface area contributed by atoms with Gasteiger partial charge in [0.05, 0.1) is 0 Å². The molecule has 2 saturated heterocycles. The van der Waals surface area contributed by atoms with E-state index in [1.54, 1.807) is 7.05 Å². The molecule has 1 N–H and O–H groups in total. The van der Waals surface area contributed by atoms with E-state index < -0.39 is 12.2 Å². The molecule has 2 aliphatic rings. The maximum Gasteiger partial charge on any atom is 0.403 e. The van der Waals surface area contributed by atoms with Crippen molar-refractivity contribution >= 4 is 35.8 Å². The van der Waals surface area contributed by atoms with E-state index in [1.165, 1.54) is 24.7 Å². The molecule has 0 bridgehead atoms. The zero-order chi connectivity index (χ0) is 21.7. The van der Waals surface area contributed by atoms with Gasteiger partial charge in [0.1, 0.15) is 11.9 Å². The van der Waals surface area contributed by atoms with Crippen molar-refractivity contribution in [2.24, 2.45) is 10.9 Å². The predicted molar refractivity (Wildman–Crippen MR) is 129 cm³/mol. The Kier molecular flexibility index (Phi) is 9.66. The summed E-state index contributed by atoms with van der Waals surface area (Å²) in [7, 11) is 1.70. The lowest BCUT2D eigenvalue weighted by molar-refractivity contribution is -0.181. The largest absolute Gasteiger partial charge is 0.403 e. The van der Waals surface area contributed by atoms with Crippen LogP contribution in [0.15, 0.2) is 23.3 Å². The molecule has 0 spiro atoms. The zero-order valence-corrected chi connectivity index (χ0v) is 20.9. The van der Waals surface area contributed by atoms with Crippen LogP contribution in [-0.4, -0.2) is 79.3 Å². The molecule has 176 valence electrons. The van der Waals surface area contributed by atoms with Crippen molar-refractivity contribution in [3.8, 4) is 0 Å². The van der Waals surface area contributed by atoms with Crippen LogP contribution in [0, 0.1) is 5.92 Å². The second-order valence-electron chi connectivity index (χ2n) is 8.34. The number of aromatic nitrogens is 1. The third kappa shape index (κ3) is 7.10. The average Bonchev–Trinajstić information content (AvgIpc) is 2.74. The van der Waals surface area contributed by atoms with Crippen molar-refractivity contribution in [3.63, 3.8) is 0 Å². The number of nitrogens with one attached hydrogen (secondary N) is 1. The summed E-state index contributed by atoms with van der Waals surface area (Å²) in [6.07, 6.45) is 0.108. The molecule has 1 aromatic rings. The highest BCUT2D eigenvalue weighted by atomic mass is 127. The van der Waals surface area contributed by atoms with E-state index in [2.05, 4.69) is 39.2 Å². The van der Waals surface area contributed by atoms with Crippen LogP contribution in [-0.2, 0) is 6.54 Å². The molecule has 31 heavy (non-hydrogen) atoms. The Bertz CT molecular complexity index is 696. The van der Waals surface area contributed by atoms with Gasteiger partial charge < -0.3 is 15.1 Å². The van der Waals surface area contributed by atoms with Crippen LogP contribution < -0.4 is 10.2 Å². The van der Waals surface area contributed by atoms with Gasteiger partial charge in [-0.1, -0.05) is 13.0 Å². The number of alkyl halides is 3. The molecule has 6 nitrogen and oxygen atoms in total. The third-order valence-corrected chi connectivity index (χ3v) is 6.21. The minimum atomic E-state index is -4.19. The van der Waals surface area contributed by atoms with Gasteiger partial charge in [0.15, 0.2) is 5.96 Å². The predicted octanol–water partition coefficient (Wildman–Crippen LogP) is 3.58. The first-order chi connectivity index (χ1) is 14.3. The fraction of sp³-hybridized carbons (Fsp3) is 0.714. The number of halogens is 4. The van der Waals surface area contributed by atoms with Crippen molar-refractivity contribution in [2.45, 2.75) is 45.5 Å². The van der Waals surface area contributed by atoms with Crippen LogP contribution in [0.3, 0.4) is 0 Å². The summed E-state index contributed by atoms with van der Waals surface area (Å²) in [5.74, 6) is 2.52. The number of hydrogen-bond acceptors (Lipinski definition) is 4. The average molecular weight is 554 g/mol. The van der Waals surface area contributed by atoms with Crippen LogP contribution in [0.5, 0.6) is 0 Å². The SMILES string of the molecule is CN=C(NCc1ccc(N2CCC(C)CC2)nc1)N1CCN(C(C)C(F)(F)F)CC1.I. The van der Waals surface area contributed by atoms with Crippen molar-refractivity contribution in [2.75, 3.05) is 51.2 Å². The molecule has 1 atom stereocenters. The number of rotatable bonds is 4.